The Hall–Kier alpha value is -2.14. The molecule has 0 radical (unpaired) electrons. The lowest BCUT2D eigenvalue weighted by Crippen LogP contribution is -2.05. The maximum Gasteiger partial charge on any atom is 0.192 e. The molecule has 0 fully saturated rings. The van der Waals surface area contributed by atoms with Gasteiger partial charge in [0.2, 0.25) is 0 Å². The van der Waals surface area contributed by atoms with Crippen molar-refractivity contribution < 1.29 is 4.42 Å². The molecule has 2 aromatic heterocycles. The van der Waals surface area contributed by atoms with Crippen LogP contribution in [-0.4, -0.2) is 14.8 Å². The highest BCUT2D eigenvalue weighted by Crippen LogP contribution is 2.29. The maximum atomic E-state index is 5.82. The lowest BCUT2D eigenvalue weighted by atomic mass is 10.0. The highest BCUT2D eigenvalue weighted by molar-refractivity contribution is 5.81. The van der Waals surface area contributed by atoms with E-state index in [0.717, 1.165) is 33.6 Å². The van der Waals surface area contributed by atoms with Gasteiger partial charge in [-0.05, 0) is 24.6 Å². The molecule has 0 bridgehead atoms. The molecule has 0 unspecified atom stereocenters. The van der Waals surface area contributed by atoms with Gasteiger partial charge in [0.1, 0.15) is 5.52 Å². The number of aromatic nitrogens is 3. The second-order valence-corrected chi connectivity index (χ2v) is 4.65. The summed E-state index contributed by atoms with van der Waals surface area (Å²) in [4.78, 5) is 4.31. The van der Waals surface area contributed by atoms with Gasteiger partial charge in [-0.2, -0.15) is 5.10 Å². The zero-order valence-electron chi connectivity index (χ0n) is 11.3. The van der Waals surface area contributed by atoms with E-state index in [1.807, 2.05) is 43.8 Å². The molecule has 0 spiro atoms. The first-order valence-corrected chi connectivity index (χ1v) is 6.20. The summed E-state index contributed by atoms with van der Waals surface area (Å²) in [6.45, 7) is 4.30. The Kier molecular flexibility index (Phi) is 2.64. The molecule has 3 rings (SSSR count). The fraction of sp³-hybridized carbons (Fsp3) is 0.286. The maximum absolute atomic E-state index is 5.82. The summed E-state index contributed by atoms with van der Waals surface area (Å²) in [5.74, 6) is 0.675. The molecule has 5 nitrogen and oxygen atoms in total. The second kappa shape index (κ2) is 4.20. The highest BCUT2D eigenvalue weighted by Gasteiger charge is 2.15. The van der Waals surface area contributed by atoms with Gasteiger partial charge in [-0.25, -0.2) is 4.98 Å². The Bertz CT molecular complexity index is 754. The standard InChI is InChI=1S/C14H16N4O/c1-8-14(12(7-15)18(3)17-8)10-4-5-11-13(6-10)19-9(2)16-11/h4-6H,7,15H2,1-3H3. The zero-order chi connectivity index (χ0) is 13.6. The number of oxazole rings is 1. The number of hydrogen-bond acceptors (Lipinski definition) is 4. The third kappa shape index (κ3) is 1.82. The minimum atomic E-state index is 0.458. The van der Waals surface area contributed by atoms with Crippen LogP contribution < -0.4 is 5.73 Å². The van der Waals surface area contributed by atoms with Crippen molar-refractivity contribution in [3.05, 3.63) is 35.5 Å². The molecule has 0 aliphatic carbocycles. The van der Waals surface area contributed by atoms with E-state index in [1.165, 1.54) is 0 Å². The van der Waals surface area contributed by atoms with Crippen LogP contribution in [0.15, 0.2) is 22.6 Å². The number of nitrogens with zero attached hydrogens (tertiary/aromatic N) is 3. The second-order valence-electron chi connectivity index (χ2n) is 4.65. The van der Waals surface area contributed by atoms with Crippen molar-refractivity contribution >= 4 is 11.1 Å². The number of rotatable bonds is 2. The highest BCUT2D eigenvalue weighted by atomic mass is 16.3. The van der Waals surface area contributed by atoms with Crippen LogP contribution >= 0.6 is 0 Å². The first-order chi connectivity index (χ1) is 9.10. The summed E-state index contributed by atoms with van der Waals surface area (Å²) in [5, 5.41) is 4.43. The van der Waals surface area contributed by atoms with Crippen molar-refractivity contribution in [1.82, 2.24) is 14.8 Å². The van der Waals surface area contributed by atoms with Gasteiger partial charge in [-0.15, -0.1) is 0 Å². The average Bonchev–Trinajstić information content (AvgIpc) is 2.86. The molecular formula is C14H16N4O. The van der Waals surface area contributed by atoms with Gasteiger partial charge in [0.25, 0.3) is 0 Å². The van der Waals surface area contributed by atoms with Gasteiger partial charge >= 0.3 is 0 Å². The molecule has 0 aliphatic rings. The quantitative estimate of drug-likeness (QED) is 0.763. The summed E-state index contributed by atoms with van der Waals surface area (Å²) in [6, 6.07) is 6.00. The van der Waals surface area contributed by atoms with E-state index in [-0.39, 0.29) is 0 Å². The summed E-state index contributed by atoms with van der Waals surface area (Å²) >= 11 is 0. The molecular weight excluding hydrogens is 240 g/mol. The number of hydrogen-bond donors (Lipinski definition) is 1. The Balaban J connectivity index is 2.23. The van der Waals surface area contributed by atoms with Crippen molar-refractivity contribution in [1.29, 1.82) is 0 Å². The topological polar surface area (TPSA) is 69.9 Å². The molecule has 3 aromatic rings. The number of fused-ring (bicyclic) bond motifs is 1. The fourth-order valence-electron chi connectivity index (χ4n) is 2.51. The first-order valence-electron chi connectivity index (χ1n) is 6.20. The van der Waals surface area contributed by atoms with E-state index in [2.05, 4.69) is 10.1 Å². The predicted octanol–water partition coefficient (Wildman–Crippen LogP) is 2.30. The van der Waals surface area contributed by atoms with Crippen LogP contribution in [0.25, 0.3) is 22.2 Å². The summed E-state index contributed by atoms with van der Waals surface area (Å²) < 4.78 is 7.41. The molecule has 0 aliphatic heterocycles. The Morgan fingerprint density at radius 3 is 2.84 bits per heavy atom. The van der Waals surface area contributed by atoms with E-state index < -0.39 is 0 Å². The van der Waals surface area contributed by atoms with Gasteiger partial charge in [-0.3, -0.25) is 4.68 Å². The van der Waals surface area contributed by atoms with E-state index in [9.17, 15) is 0 Å². The van der Waals surface area contributed by atoms with E-state index in [4.69, 9.17) is 10.2 Å². The van der Waals surface area contributed by atoms with Crippen LogP contribution in [0.3, 0.4) is 0 Å². The number of aryl methyl sites for hydroxylation is 3. The Labute approximate surface area is 111 Å². The molecule has 0 atom stereocenters. The van der Waals surface area contributed by atoms with Crippen LogP contribution in [0.2, 0.25) is 0 Å². The number of benzene rings is 1. The summed E-state index contributed by atoms with van der Waals surface area (Å²) in [5.41, 5.74) is 11.6. The van der Waals surface area contributed by atoms with Gasteiger partial charge in [0.15, 0.2) is 11.5 Å². The van der Waals surface area contributed by atoms with Crippen molar-refractivity contribution in [2.75, 3.05) is 0 Å². The molecule has 0 saturated carbocycles. The van der Waals surface area contributed by atoms with Gasteiger partial charge < -0.3 is 10.2 Å². The lowest BCUT2D eigenvalue weighted by molar-refractivity contribution is 0.561. The van der Waals surface area contributed by atoms with Gasteiger partial charge in [0, 0.05) is 26.1 Å². The van der Waals surface area contributed by atoms with Crippen molar-refractivity contribution in [2.45, 2.75) is 20.4 Å². The fourth-order valence-corrected chi connectivity index (χ4v) is 2.51. The van der Waals surface area contributed by atoms with Crippen LogP contribution in [0.1, 0.15) is 17.3 Å². The zero-order valence-corrected chi connectivity index (χ0v) is 11.3. The molecule has 2 heterocycles. The molecule has 1 aromatic carbocycles. The Morgan fingerprint density at radius 2 is 2.11 bits per heavy atom. The molecule has 0 amide bonds. The largest absolute Gasteiger partial charge is 0.441 e. The molecule has 98 valence electrons. The third-order valence-electron chi connectivity index (χ3n) is 3.32. The van der Waals surface area contributed by atoms with Gasteiger partial charge in [0.05, 0.1) is 11.4 Å². The van der Waals surface area contributed by atoms with Crippen molar-refractivity contribution in [3.63, 3.8) is 0 Å². The number of nitrogens with two attached hydrogens (primary N) is 1. The smallest absolute Gasteiger partial charge is 0.192 e. The van der Waals surface area contributed by atoms with Crippen LogP contribution in [-0.2, 0) is 13.6 Å². The normalized spacial score (nSPS) is 11.4. The van der Waals surface area contributed by atoms with Crippen LogP contribution in [0, 0.1) is 13.8 Å². The van der Waals surface area contributed by atoms with Crippen molar-refractivity contribution in [2.24, 2.45) is 12.8 Å². The molecule has 0 saturated heterocycles. The van der Waals surface area contributed by atoms with Crippen LogP contribution in [0.4, 0.5) is 0 Å². The SMILES string of the molecule is Cc1nc2ccc(-c3c(C)nn(C)c3CN)cc2o1. The average molecular weight is 256 g/mol. The lowest BCUT2D eigenvalue weighted by Gasteiger charge is -2.04. The predicted molar refractivity (Wildman–Crippen MR) is 73.6 cm³/mol. The minimum Gasteiger partial charge on any atom is -0.441 e. The molecule has 2 N–H and O–H groups in total. The van der Waals surface area contributed by atoms with E-state index >= 15 is 0 Å². The summed E-state index contributed by atoms with van der Waals surface area (Å²) in [6.07, 6.45) is 0. The minimum absolute atomic E-state index is 0.458. The van der Waals surface area contributed by atoms with Crippen molar-refractivity contribution in [3.8, 4) is 11.1 Å². The molecule has 19 heavy (non-hydrogen) atoms. The molecule has 5 heteroatoms. The first kappa shape index (κ1) is 11.9. The van der Waals surface area contributed by atoms with E-state index in [1.54, 1.807) is 0 Å². The van der Waals surface area contributed by atoms with Gasteiger partial charge in [-0.1, -0.05) is 6.07 Å². The van der Waals surface area contributed by atoms with E-state index in [0.29, 0.717) is 12.4 Å². The summed E-state index contributed by atoms with van der Waals surface area (Å²) in [7, 11) is 1.91. The monoisotopic (exact) mass is 256 g/mol. The third-order valence-corrected chi connectivity index (χ3v) is 3.32. The van der Waals surface area contributed by atoms with Crippen LogP contribution in [0.5, 0.6) is 0 Å². The Morgan fingerprint density at radius 1 is 1.32 bits per heavy atom.